The number of hydrogen-bond donors (Lipinski definition) is 2. The Hall–Kier alpha value is -0.410. The van der Waals surface area contributed by atoms with E-state index < -0.39 is 5.82 Å². The first kappa shape index (κ1) is 18.6. The Morgan fingerprint density at radius 1 is 1.48 bits per heavy atom. The molecule has 3 nitrogen and oxygen atoms in total. The van der Waals surface area contributed by atoms with Crippen LogP contribution in [0.2, 0.25) is 5.02 Å². The minimum absolute atomic E-state index is 0.180. The highest BCUT2D eigenvalue weighted by molar-refractivity contribution is 7.16. The van der Waals surface area contributed by atoms with Gasteiger partial charge in [0.15, 0.2) is 0 Å². The van der Waals surface area contributed by atoms with E-state index in [4.69, 9.17) is 11.6 Å². The summed E-state index contributed by atoms with van der Waals surface area (Å²) in [6.45, 7) is 6.79. The third-order valence-corrected chi connectivity index (χ3v) is 4.39. The molecule has 0 radical (unpaired) electrons. The molecule has 120 valence electrons. The summed E-state index contributed by atoms with van der Waals surface area (Å²) in [4.78, 5) is 2.36. The fourth-order valence-corrected chi connectivity index (χ4v) is 2.73. The molecule has 0 bridgehead atoms. The van der Waals surface area contributed by atoms with Crippen LogP contribution < -0.4 is 5.32 Å². The van der Waals surface area contributed by atoms with Crippen LogP contribution in [0.15, 0.2) is 12.1 Å². The molecule has 0 saturated carbocycles. The van der Waals surface area contributed by atoms with Crippen molar-refractivity contribution in [3.8, 4) is 5.75 Å². The van der Waals surface area contributed by atoms with Gasteiger partial charge in [0.05, 0.1) is 5.02 Å². The molecule has 1 aromatic rings. The number of hydrogen-bond acceptors (Lipinski definition) is 3. The number of nitrogens with one attached hydrogen (secondary N) is 1. The average molecular weight is 335 g/mol. The molecule has 0 amide bonds. The molecule has 0 heterocycles. The normalized spacial score (nSPS) is 12.9. The van der Waals surface area contributed by atoms with Gasteiger partial charge in [0.1, 0.15) is 11.6 Å². The summed E-state index contributed by atoms with van der Waals surface area (Å²) in [5.41, 5.74) is 0.477. The van der Waals surface area contributed by atoms with Gasteiger partial charge >= 0.3 is 0 Å². The summed E-state index contributed by atoms with van der Waals surface area (Å²) < 4.78 is 13.7. The van der Waals surface area contributed by atoms with E-state index in [1.54, 1.807) is 0 Å². The summed E-state index contributed by atoms with van der Waals surface area (Å²) in [5.74, 6) is -0.653. The standard InChI is InChI=1S/C15H25ClFN2OP/c1-3-19(10-21)6-4-5-11(2)18-9-12-7-13(16)15(20)8-14(12)17/h7-8,11,18,20H,3-6,9-10,21H2,1-2H3. The predicted octanol–water partition coefficient (Wildman–Crippen LogP) is 3.60. The van der Waals surface area contributed by atoms with Crippen molar-refractivity contribution in [3.05, 3.63) is 28.5 Å². The quantitative estimate of drug-likeness (QED) is 0.677. The second-order valence-electron chi connectivity index (χ2n) is 5.21. The van der Waals surface area contributed by atoms with Crippen LogP contribution >= 0.6 is 20.8 Å². The lowest BCUT2D eigenvalue weighted by Crippen LogP contribution is -2.28. The zero-order chi connectivity index (χ0) is 15.8. The molecular formula is C15H25ClFN2OP. The molecule has 6 heteroatoms. The molecule has 2 N–H and O–H groups in total. The number of aromatic hydroxyl groups is 1. The first-order valence-electron chi connectivity index (χ1n) is 7.30. The average Bonchev–Trinajstić information content (AvgIpc) is 2.46. The Kier molecular flexibility index (Phi) is 8.50. The third-order valence-electron chi connectivity index (χ3n) is 3.57. The molecule has 21 heavy (non-hydrogen) atoms. The Morgan fingerprint density at radius 2 is 2.19 bits per heavy atom. The highest BCUT2D eigenvalue weighted by Gasteiger charge is 2.09. The van der Waals surface area contributed by atoms with Crippen molar-refractivity contribution in [2.24, 2.45) is 0 Å². The Labute approximate surface area is 134 Å². The highest BCUT2D eigenvalue weighted by atomic mass is 35.5. The van der Waals surface area contributed by atoms with Gasteiger partial charge < -0.3 is 15.3 Å². The van der Waals surface area contributed by atoms with E-state index in [1.807, 2.05) is 0 Å². The summed E-state index contributed by atoms with van der Waals surface area (Å²) in [5, 5.41) is 12.8. The topological polar surface area (TPSA) is 35.5 Å². The zero-order valence-corrected chi connectivity index (χ0v) is 14.6. The molecule has 2 atom stereocenters. The second kappa shape index (κ2) is 9.58. The lowest BCUT2D eigenvalue weighted by atomic mass is 10.1. The maximum Gasteiger partial charge on any atom is 0.137 e. The third kappa shape index (κ3) is 6.48. The van der Waals surface area contributed by atoms with Crippen molar-refractivity contribution in [2.45, 2.75) is 39.3 Å². The number of phenols is 1. The predicted molar refractivity (Wildman–Crippen MR) is 90.4 cm³/mol. The van der Waals surface area contributed by atoms with E-state index >= 15 is 0 Å². The molecule has 0 aliphatic carbocycles. The van der Waals surface area contributed by atoms with Gasteiger partial charge in [-0.1, -0.05) is 18.5 Å². The lowest BCUT2D eigenvalue weighted by molar-refractivity contribution is 0.320. The summed E-state index contributed by atoms with van der Waals surface area (Å²) in [7, 11) is 2.74. The SMILES string of the molecule is CCN(CP)CCCC(C)NCc1cc(Cl)c(O)cc1F. The lowest BCUT2D eigenvalue weighted by Gasteiger charge is -2.19. The van der Waals surface area contributed by atoms with Gasteiger partial charge in [-0.15, -0.1) is 9.24 Å². The van der Waals surface area contributed by atoms with Gasteiger partial charge in [-0.3, -0.25) is 0 Å². The Bertz CT molecular complexity index is 444. The first-order chi connectivity index (χ1) is 9.97. The van der Waals surface area contributed by atoms with E-state index in [1.165, 1.54) is 6.07 Å². The largest absolute Gasteiger partial charge is 0.506 e. The van der Waals surface area contributed by atoms with Crippen LogP contribution in [0, 0.1) is 5.82 Å². The van der Waals surface area contributed by atoms with E-state index in [-0.39, 0.29) is 10.8 Å². The van der Waals surface area contributed by atoms with Crippen molar-refractivity contribution in [2.75, 3.05) is 19.4 Å². The molecule has 0 aliphatic rings. The van der Waals surface area contributed by atoms with Gasteiger partial charge in [0.2, 0.25) is 0 Å². The van der Waals surface area contributed by atoms with E-state index in [9.17, 15) is 9.50 Å². The maximum absolute atomic E-state index is 13.7. The molecule has 0 fully saturated rings. The van der Waals surface area contributed by atoms with Crippen molar-refractivity contribution in [1.82, 2.24) is 10.2 Å². The van der Waals surface area contributed by atoms with Crippen molar-refractivity contribution >= 4 is 20.8 Å². The number of rotatable bonds is 9. The zero-order valence-electron chi connectivity index (χ0n) is 12.7. The molecule has 0 aliphatic heterocycles. The van der Waals surface area contributed by atoms with Gasteiger partial charge in [-0.05, 0) is 38.9 Å². The van der Waals surface area contributed by atoms with Crippen LogP contribution in [0.4, 0.5) is 4.39 Å². The Balaban J connectivity index is 2.36. The second-order valence-corrected chi connectivity index (χ2v) is 5.98. The summed E-state index contributed by atoms with van der Waals surface area (Å²) in [6.07, 6.45) is 3.14. The monoisotopic (exact) mass is 334 g/mol. The van der Waals surface area contributed by atoms with E-state index in [2.05, 4.69) is 33.3 Å². The van der Waals surface area contributed by atoms with E-state index in [0.29, 0.717) is 18.2 Å². The van der Waals surface area contributed by atoms with Crippen LogP contribution in [0.3, 0.4) is 0 Å². The van der Waals surface area contributed by atoms with Crippen molar-refractivity contribution < 1.29 is 9.50 Å². The molecule has 0 saturated heterocycles. The van der Waals surface area contributed by atoms with Gasteiger partial charge in [-0.25, -0.2) is 4.39 Å². The van der Waals surface area contributed by atoms with Crippen molar-refractivity contribution in [3.63, 3.8) is 0 Å². The number of benzene rings is 1. The molecule has 1 aromatic carbocycles. The van der Waals surface area contributed by atoms with Crippen molar-refractivity contribution in [1.29, 1.82) is 0 Å². The fourth-order valence-electron chi connectivity index (χ4n) is 2.10. The van der Waals surface area contributed by atoms with Crippen LogP contribution in [0.25, 0.3) is 0 Å². The van der Waals surface area contributed by atoms with Gasteiger partial charge in [0, 0.05) is 30.5 Å². The number of phenolic OH excluding ortho intramolecular Hbond substituents is 1. The highest BCUT2D eigenvalue weighted by Crippen LogP contribution is 2.26. The molecule has 2 unspecified atom stereocenters. The molecule has 1 rings (SSSR count). The number of halogens is 2. The molecule has 0 spiro atoms. The van der Waals surface area contributed by atoms with Crippen LogP contribution in [-0.4, -0.2) is 35.4 Å². The van der Waals surface area contributed by atoms with Crippen LogP contribution in [0.5, 0.6) is 5.75 Å². The summed E-state index contributed by atoms with van der Waals surface area (Å²) in [6, 6.07) is 2.83. The van der Waals surface area contributed by atoms with Crippen LogP contribution in [-0.2, 0) is 6.54 Å². The summed E-state index contributed by atoms with van der Waals surface area (Å²) >= 11 is 5.80. The van der Waals surface area contributed by atoms with Crippen LogP contribution in [0.1, 0.15) is 32.3 Å². The van der Waals surface area contributed by atoms with Gasteiger partial charge in [0.25, 0.3) is 0 Å². The minimum atomic E-state index is -0.434. The van der Waals surface area contributed by atoms with E-state index in [0.717, 1.165) is 38.3 Å². The minimum Gasteiger partial charge on any atom is -0.506 e. The first-order valence-corrected chi connectivity index (χ1v) is 8.50. The van der Waals surface area contributed by atoms with Gasteiger partial charge in [-0.2, -0.15) is 0 Å². The molecule has 0 aromatic heterocycles. The fraction of sp³-hybridized carbons (Fsp3) is 0.600. The smallest absolute Gasteiger partial charge is 0.137 e. The molecular weight excluding hydrogens is 310 g/mol. The number of nitrogens with zero attached hydrogens (tertiary/aromatic N) is 1. The maximum atomic E-state index is 13.7. The Morgan fingerprint density at radius 3 is 2.81 bits per heavy atom.